The van der Waals surface area contributed by atoms with Crippen LogP contribution in [0.2, 0.25) is 0 Å². The fourth-order valence-corrected chi connectivity index (χ4v) is 2.82. The van der Waals surface area contributed by atoms with E-state index < -0.39 is 0 Å². The van der Waals surface area contributed by atoms with Gasteiger partial charge in [-0.2, -0.15) is 0 Å². The van der Waals surface area contributed by atoms with Gasteiger partial charge in [-0.25, -0.2) is 4.79 Å². The van der Waals surface area contributed by atoms with E-state index in [0.29, 0.717) is 13.1 Å². The Bertz CT molecular complexity index is 849. The molecule has 28 heavy (non-hydrogen) atoms. The molecular weight excluding hydrogens is 348 g/mol. The van der Waals surface area contributed by atoms with Gasteiger partial charge in [-0.1, -0.05) is 72.8 Å². The van der Waals surface area contributed by atoms with E-state index in [9.17, 15) is 4.79 Å². The first-order valence-electron chi connectivity index (χ1n) is 9.18. The molecule has 0 spiro atoms. The predicted octanol–water partition coefficient (Wildman–Crippen LogP) is 5.08. The Morgan fingerprint density at radius 2 is 1.39 bits per heavy atom. The number of carbonyl (C=O) groups is 1. The highest BCUT2D eigenvalue weighted by Crippen LogP contribution is 2.13. The number of nitrogens with one attached hydrogen (secondary N) is 1. The molecule has 0 radical (unpaired) electrons. The molecule has 0 saturated carbocycles. The van der Waals surface area contributed by atoms with Crippen LogP contribution in [-0.4, -0.2) is 18.0 Å². The van der Waals surface area contributed by atoms with Crippen molar-refractivity contribution >= 4 is 12.1 Å². The summed E-state index contributed by atoms with van der Waals surface area (Å²) in [5, 5.41) is 2.88. The Morgan fingerprint density at radius 3 is 1.89 bits per heavy atom. The van der Waals surface area contributed by atoms with E-state index in [0.717, 1.165) is 22.4 Å². The largest absolute Gasteiger partial charge is 0.497 e. The molecule has 4 nitrogen and oxygen atoms in total. The minimum absolute atomic E-state index is 0.141. The third kappa shape index (κ3) is 5.74. The number of urea groups is 1. The molecule has 3 rings (SSSR count). The fraction of sp³-hybridized carbons (Fsp3) is 0.125. The Morgan fingerprint density at radius 1 is 0.857 bits per heavy atom. The molecule has 0 aromatic heterocycles. The van der Waals surface area contributed by atoms with Crippen LogP contribution in [0.15, 0.2) is 91.1 Å². The van der Waals surface area contributed by atoms with Gasteiger partial charge in [-0.3, -0.25) is 0 Å². The van der Waals surface area contributed by atoms with Crippen LogP contribution in [0.25, 0.3) is 6.08 Å². The highest BCUT2D eigenvalue weighted by atomic mass is 16.5. The molecule has 0 bridgehead atoms. The molecule has 4 heteroatoms. The summed E-state index contributed by atoms with van der Waals surface area (Å²) < 4.78 is 5.16. The monoisotopic (exact) mass is 372 g/mol. The van der Waals surface area contributed by atoms with Crippen molar-refractivity contribution in [3.8, 4) is 5.75 Å². The lowest BCUT2D eigenvalue weighted by Gasteiger charge is -2.22. The van der Waals surface area contributed by atoms with Gasteiger partial charge in [0.25, 0.3) is 0 Å². The van der Waals surface area contributed by atoms with E-state index in [-0.39, 0.29) is 6.03 Å². The van der Waals surface area contributed by atoms with Crippen molar-refractivity contribution in [2.75, 3.05) is 7.11 Å². The van der Waals surface area contributed by atoms with Gasteiger partial charge in [0.05, 0.1) is 7.11 Å². The maximum absolute atomic E-state index is 12.8. The summed E-state index contributed by atoms with van der Waals surface area (Å²) >= 11 is 0. The van der Waals surface area contributed by atoms with Crippen molar-refractivity contribution in [3.05, 3.63) is 108 Å². The highest BCUT2D eigenvalue weighted by molar-refractivity contribution is 5.76. The summed E-state index contributed by atoms with van der Waals surface area (Å²) in [4.78, 5) is 14.6. The maximum Gasteiger partial charge on any atom is 0.321 e. The van der Waals surface area contributed by atoms with Crippen LogP contribution in [0, 0.1) is 0 Å². The number of amides is 2. The number of ether oxygens (including phenoxy) is 1. The van der Waals surface area contributed by atoms with Crippen LogP contribution in [-0.2, 0) is 13.1 Å². The lowest BCUT2D eigenvalue weighted by Crippen LogP contribution is -2.36. The Balaban J connectivity index is 1.67. The summed E-state index contributed by atoms with van der Waals surface area (Å²) in [7, 11) is 1.64. The predicted molar refractivity (Wildman–Crippen MR) is 113 cm³/mol. The van der Waals surface area contributed by atoms with E-state index in [2.05, 4.69) is 5.32 Å². The quantitative estimate of drug-likeness (QED) is 0.628. The normalized spacial score (nSPS) is 10.6. The fourth-order valence-electron chi connectivity index (χ4n) is 2.82. The molecule has 1 N–H and O–H groups in total. The topological polar surface area (TPSA) is 41.6 Å². The number of hydrogen-bond donors (Lipinski definition) is 1. The molecule has 142 valence electrons. The Kier molecular flexibility index (Phi) is 6.85. The second-order valence-corrected chi connectivity index (χ2v) is 6.38. The van der Waals surface area contributed by atoms with E-state index >= 15 is 0 Å². The van der Waals surface area contributed by atoms with Crippen molar-refractivity contribution in [2.24, 2.45) is 0 Å². The zero-order valence-corrected chi connectivity index (χ0v) is 15.9. The van der Waals surface area contributed by atoms with E-state index in [1.54, 1.807) is 18.2 Å². The number of carbonyl (C=O) groups excluding carboxylic acids is 1. The lowest BCUT2D eigenvalue weighted by molar-refractivity contribution is 0.196. The number of methoxy groups -OCH3 is 1. The van der Waals surface area contributed by atoms with Gasteiger partial charge >= 0.3 is 6.03 Å². The summed E-state index contributed by atoms with van der Waals surface area (Å²) in [5.74, 6) is 0.804. The molecule has 0 atom stereocenters. The van der Waals surface area contributed by atoms with Gasteiger partial charge in [-0.05, 0) is 34.9 Å². The van der Waals surface area contributed by atoms with Crippen LogP contribution in [0.1, 0.15) is 16.7 Å². The molecule has 3 aromatic carbocycles. The number of benzene rings is 3. The van der Waals surface area contributed by atoms with Crippen LogP contribution < -0.4 is 10.1 Å². The smallest absolute Gasteiger partial charge is 0.321 e. The van der Waals surface area contributed by atoms with E-state index in [1.807, 2.05) is 91.0 Å². The van der Waals surface area contributed by atoms with E-state index in [1.165, 1.54) is 0 Å². The molecule has 0 fully saturated rings. The second-order valence-electron chi connectivity index (χ2n) is 6.38. The SMILES string of the molecule is COc1ccc(/C=C/NC(=O)N(Cc2ccccc2)Cc2ccccc2)cc1. The molecule has 0 aliphatic heterocycles. The lowest BCUT2D eigenvalue weighted by atomic mass is 10.2. The first kappa shape index (κ1) is 19.2. The Labute approximate surface area is 166 Å². The van der Waals surface area contributed by atoms with Gasteiger partial charge in [0.1, 0.15) is 5.75 Å². The summed E-state index contributed by atoms with van der Waals surface area (Å²) in [5.41, 5.74) is 3.17. The van der Waals surface area contributed by atoms with Gasteiger partial charge in [-0.15, -0.1) is 0 Å². The van der Waals surface area contributed by atoms with E-state index in [4.69, 9.17) is 4.74 Å². The average Bonchev–Trinajstić information content (AvgIpc) is 2.75. The van der Waals surface area contributed by atoms with Crippen LogP contribution >= 0.6 is 0 Å². The van der Waals surface area contributed by atoms with Crippen molar-refractivity contribution in [1.82, 2.24) is 10.2 Å². The summed E-state index contributed by atoms with van der Waals surface area (Å²) in [6, 6.07) is 27.5. The maximum atomic E-state index is 12.8. The molecular formula is C24H24N2O2. The third-order valence-corrected chi connectivity index (χ3v) is 4.32. The average molecular weight is 372 g/mol. The highest BCUT2D eigenvalue weighted by Gasteiger charge is 2.13. The van der Waals surface area contributed by atoms with Crippen LogP contribution in [0.5, 0.6) is 5.75 Å². The number of nitrogens with zero attached hydrogens (tertiary/aromatic N) is 1. The van der Waals surface area contributed by atoms with Crippen molar-refractivity contribution < 1.29 is 9.53 Å². The standard InChI is InChI=1S/C24H24N2O2/c1-28-23-14-12-20(13-15-23)16-17-25-24(27)26(18-21-8-4-2-5-9-21)19-22-10-6-3-7-11-22/h2-17H,18-19H2,1H3,(H,25,27)/b17-16+. The molecule has 0 unspecified atom stereocenters. The first-order chi connectivity index (χ1) is 13.7. The molecule has 0 aliphatic rings. The number of hydrogen-bond acceptors (Lipinski definition) is 2. The molecule has 2 amide bonds. The third-order valence-electron chi connectivity index (χ3n) is 4.32. The molecule has 0 aliphatic carbocycles. The van der Waals surface area contributed by atoms with Gasteiger partial charge in [0.15, 0.2) is 0 Å². The van der Waals surface area contributed by atoms with Crippen molar-refractivity contribution in [3.63, 3.8) is 0 Å². The Hall–Kier alpha value is -3.53. The molecule has 3 aromatic rings. The zero-order valence-electron chi connectivity index (χ0n) is 15.9. The number of rotatable bonds is 7. The van der Waals surface area contributed by atoms with Gasteiger partial charge in [0.2, 0.25) is 0 Å². The summed E-state index contributed by atoms with van der Waals surface area (Å²) in [6.07, 6.45) is 3.54. The zero-order chi connectivity index (χ0) is 19.6. The van der Waals surface area contributed by atoms with Gasteiger partial charge in [0, 0.05) is 19.3 Å². The summed E-state index contributed by atoms with van der Waals surface area (Å²) in [6.45, 7) is 1.08. The minimum Gasteiger partial charge on any atom is -0.497 e. The molecule has 0 heterocycles. The van der Waals surface area contributed by atoms with Gasteiger partial charge < -0.3 is 15.0 Å². The minimum atomic E-state index is -0.141. The van der Waals surface area contributed by atoms with Crippen LogP contribution in [0.3, 0.4) is 0 Å². The van der Waals surface area contributed by atoms with Crippen LogP contribution in [0.4, 0.5) is 4.79 Å². The van der Waals surface area contributed by atoms with Crippen molar-refractivity contribution in [1.29, 1.82) is 0 Å². The second kappa shape index (κ2) is 9.97. The van der Waals surface area contributed by atoms with Crippen molar-refractivity contribution in [2.45, 2.75) is 13.1 Å². The first-order valence-corrected chi connectivity index (χ1v) is 9.18. The molecule has 0 saturated heterocycles.